The van der Waals surface area contributed by atoms with E-state index in [0.717, 1.165) is 21.2 Å². The predicted molar refractivity (Wildman–Crippen MR) is 113 cm³/mol. The Morgan fingerprint density at radius 2 is 2.07 bits per heavy atom. The number of aryl methyl sites for hydroxylation is 1. The highest BCUT2D eigenvalue weighted by molar-refractivity contribution is 7.09. The Balaban J connectivity index is 1.47. The summed E-state index contributed by atoms with van der Waals surface area (Å²) in [6, 6.07) is 11.7. The van der Waals surface area contributed by atoms with Crippen LogP contribution in [0.2, 0.25) is 0 Å². The van der Waals surface area contributed by atoms with Crippen LogP contribution < -0.4 is 10.6 Å². The van der Waals surface area contributed by atoms with Crippen molar-refractivity contribution in [2.24, 2.45) is 0 Å². The van der Waals surface area contributed by atoms with E-state index in [4.69, 9.17) is 0 Å². The molecule has 4 amide bonds. The number of aromatic nitrogens is 2. The summed E-state index contributed by atoms with van der Waals surface area (Å²) >= 11 is 1.55. The fourth-order valence-electron chi connectivity index (χ4n) is 3.27. The number of thiazole rings is 1. The van der Waals surface area contributed by atoms with Crippen LogP contribution in [0.5, 0.6) is 0 Å². The number of nitrogens with one attached hydrogen (secondary N) is 2. The van der Waals surface area contributed by atoms with Crippen molar-refractivity contribution in [2.45, 2.75) is 19.4 Å². The molecular weight excluding hydrogens is 402 g/mol. The Kier molecular flexibility index (Phi) is 5.04. The molecule has 4 rings (SSSR count). The quantitative estimate of drug-likeness (QED) is 0.617. The molecule has 1 aliphatic heterocycles. The van der Waals surface area contributed by atoms with Gasteiger partial charge in [0.25, 0.3) is 5.91 Å². The lowest BCUT2D eigenvalue weighted by atomic mass is 9.97. The number of rotatable bonds is 5. The van der Waals surface area contributed by atoms with Crippen LogP contribution in [0.25, 0.3) is 11.3 Å². The van der Waals surface area contributed by atoms with Gasteiger partial charge in [0.2, 0.25) is 5.91 Å². The summed E-state index contributed by atoms with van der Waals surface area (Å²) in [5.74, 6) is -0.997. The van der Waals surface area contributed by atoms with Gasteiger partial charge in [-0.15, -0.1) is 11.3 Å². The third kappa shape index (κ3) is 3.67. The maximum absolute atomic E-state index is 12.9. The number of benzene rings is 1. The fraction of sp³-hybridized carbons (Fsp3) is 0.190. The molecule has 9 heteroatoms. The van der Waals surface area contributed by atoms with Crippen LogP contribution in [0.1, 0.15) is 17.6 Å². The standard InChI is InChI=1S/C21H19N5O3S/c1-13-23-16(12-30-13)14-6-5-7-15(10-14)24-18(27)11-26-19(28)21(2,25-20(26)29)17-8-3-4-9-22-17/h3-10,12H,11H2,1-2H3,(H,24,27)(H,25,29). The molecule has 0 spiro atoms. The molecule has 1 fully saturated rings. The molecule has 1 aromatic carbocycles. The van der Waals surface area contributed by atoms with Crippen molar-refractivity contribution in [1.29, 1.82) is 0 Å². The molecule has 1 saturated heterocycles. The number of carbonyl (C=O) groups excluding carboxylic acids is 3. The molecule has 2 aromatic heterocycles. The molecule has 1 atom stereocenters. The minimum absolute atomic E-state index is 0.396. The van der Waals surface area contributed by atoms with E-state index in [0.29, 0.717) is 11.4 Å². The van der Waals surface area contributed by atoms with Gasteiger partial charge in [-0.2, -0.15) is 0 Å². The van der Waals surface area contributed by atoms with E-state index in [1.54, 1.807) is 54.8 Å². The molecule has 0 saturated carbocycles. The number of hydrogen-bond donors (Lipinski definition) is 2. The van der Waals surface area contributed by atoms with Gasteiger partial charge in [0.15, 0.2) is 5.54 Å². The molecular formula is C21H19N5O3S. The first-order valence-corrected chi connectivity index (χ1v) is 10.1. The third-order valence-corrected chi connectivity index (χ3v) is 5.59. The maximum atomic E-state index is 12.9. The van der Waals surface area contributed by atoms with Gasteiger partial charge in [-0.3, -0.25) is 19.5 Å². The lowest BCUT2D eigenvalue weighted by Crippen LogP contribution is -2.42. The van der Waals surface area contributed by atoms with E-state index in [-0.39, 0.29) is 0 Å². The van der Waals surface area contributed by atoms with E-state index in [9.17, 15) is 14.4 Å². The second-order valence-electron chi connectivity index (χ2n) is 7.04. The monoisotopic (exact) mass is 421 g/mol. The van der Waals surface area contributed by atoms with Crippen molar-refractivity contribution in [3.63, 3.8) is 0 Å². The summed E-state index contributed by atoms with van der Waals surface area (Å²) in [5, 5.41) is 8.28. The van der Waals surface area contributed by atoms with Crippen molar-refractivity contribution >= 4 is 34.9 Å². The number of hydrogen-bond acceptors (Lipinski definition) is 6. The Hall–Kier alpha value is -3.59. The van der Waals surface area contributed by atoms with Gasteiger partial charge in [-0.25, -0.2) is 9.78 Å². The topological polar surface area (TPSA) is 104 Å². The van der Waals surface area contributed by atoms with Gasteiger partial charge in [0.05, 0.1) is 16.4 Å². The van der Waals surface area contributed by atoms with Crippen LogP contribution in [0.4, 0.5) is 10.5 Å². The van der Waals surface area contributed by atoms with E-state index in [1.807, 2.05) is 24.4 Å². The maximum Gasteiger partial charge on any atom is 0.325 e. The van der Waals surface area contributed by atoms with Crippen LogP contribution >= 0.6 is 11.3 Å². The van der Waals surface area contributed by atoms with Gasteiger partial charge in [0, 0.05) is 22.8 Å². The first-order chi connectivity index (χ1) is 14.4. The second kappa shape index (κ2) is 7.68. The van der Waals surface area contributed by atoms with Crippen LogP contribution in [-0.4, -0.2) is 39.3 Å². The van der Waals surface area contributed by atoms with Crippen molar-refractivity contribution in [3.05, 3.63) is 64.7 Å². The van der Waals surface area contributed by atoms with Crippen molar-refractivity contribution < 1.29 is 14.4 Å². The largest absolute Gasteiger partial charge is 0.325 e. The molecule has 3 heterocycles. The molecule has 0 radical (unpaired) electrons. The fourth-order valence-corrected chi connectivity index (χ4v) is 3.89. The van der Waals surface area contributed by atoms with Gasteiger partial charge in [-0.1, -0.05) is 18.2 Å². The summed E-state index contributed by atoms with van der Waals surface area (Å²) < 4.78 is 0. The van der Waals surface area contributed by atoms with Crippen molar-refractivity contribution in [1.82, 2.24) is 20.2 Å². The molecule has 8 nitrogen and oxygen atoms in total. The molecule has 1 aliphatic rings. The van der Waals surface area contributed by atoms with Gasteiger partial charge in [-0.05, 0) is 38.1 Å². The number of imide groups is 1. The Morgan fingerprint density at radius 3 is 2.77 bits per heavy atom. The lowest BCUT2D eigenvalue weighted by Gasteiger charge is -2.20. The summed E-state index contributed by atoms with van der Waals surface area (Å²) in [4.78, 5) is 47.3. The molecule has 1 unspecified atom stereocenters. The van der Waals surface area contributed by atoms with E-state index in [1.165, 1.54) is 0 Å². The minimum Gasteiger partial charge on any atom is -0.325 e. The van der Waals surface area contributed by atoms with Crippen molar-refractivity contribution in [2.75, 3.05) is 11.9 Å². The average molecular weight is 421 g/mol. The number of anilines is 1. The van der Waals surface area contributed by atoms with Crippen molar-refractivity contribution in [3.8, 4) is 11.3 Å². The van der Waals surface area contributed by atoms with Crippen LogP contribution in [0, 0.1) is 6.92 Å². The summed E-state index contributed by atoms with van der Waals surface area (Å²) in [5.41, 5.74) is 1.37. The number of urea groups is 1. The Bertz CT molecular complexity index is 1130. The van der Waals surface area contributed by atoms with Crippen LogP contribution in [-0.2, 0) is 15.1 Å². The Labute approximate surface area is 177 Å². The smallest absolute Gasteiger partial charge is 0.325 e. The van der Waals surface area contributed by atoms with Crippen LogP contribution in [0.15, 0.2) is 54.0 Å². The molecule has 2 N–H and O–H groups in total. The third-order valence-electron chi connectivity index (χ3n) is 4.81. The number of pyridine rings is 1. The van der Waals surface area contributed by atoms with Gasteiger partial charge in [0.1, 0.15) is 6.54 Å². The van der Waals surface area contributed by atoms with E-state index >= 15 is 0 Å². The highest BCUT2D eigenvalue weighted by atomic mass is 32.1. The summed E-state index contributed by atoms with van der Waals surface area (Å²) in [6.45, 7) is 3.11. The Morgan fingerprint density at radius 1 is 1.23 bits per heavy atom. The number of amides is 4. The molecule has 0 aliphatic carbocycles. The SMILES string of the molecule is Cc1nc(-c2cccc(NC(=O)CN3C(=O)NC(C)(c4ccccn4)C3=O)c2)cs1. The lowest BCUT2D eigenvalue weighted by molar-refractivity contribution is -0.133. The normalized spacial score (nSPS) is 18.4. The number of carbonyl (C=O) groups is 3. The first-order valence-electron chi connectivity index (χ1n) is 9.25. The van der Waals surface area contributed by atoms with Crippen LogP contribution in [0.3, 0.4) is 0 Å². The highest BCUT2D eigenvalue weighted by Crippen LogP contribution is 2.27. The first kappa shape index (κ1) is 19.7. The van der Waals surface area contributed by atoms with Gasteiger partial charge >= 0.3 is 6.03 Å². The predicted octanol–water partition coefficient (Wildman–Crippen LogP) is 2.92. The van der Waals surface area contributed by atoms with Gasteiger partial charge < -0.3 is 10.6 Å². The second-order valence-corrected chi connectivity index (χ2v) is 8.10. The molecule has 30 heavy (non-hydrogen) atoms. The average Bonchev–Trinajstić information content (AvgIpc) is 3.26. The van der Waals surface area contributed by atoms with E-state index in [2.05, 4.69) is 20.6 Å². The zero-order chi connectivity index (χ0) is 21.3. The summed E-state index contributed by atoms with van der Waals surface area (Å²) in [6.07, 6.45) is 1.55. The molecule has 0 bridgehead atoms. The highest BCUT2D eigenvalue weighted by Gasteiger charge is 2.50. The van der Waals surface area contributed by atoms with E-state index < -0.39 is 29.9 Å². The number of nitrogens with zero attached hydrogens (tertiary/aromatic N) is 3. The molecule has 152 valence electrons. The summed E-state index contributed by atoms with van der Waals surface area (Å²) in [7, 11) is 0. The molecule has 3 aromatic rings. The minimum atomic E-state index is -1.30. The zero-order valence-electron chi connectivity index (χ0n) is 16.4. The zero-order valence-corrected chi connectivity index (χ0v) is 17.2.